The van der Waals surface area contributed by atoms with E-state index < -0.39 is 11.6 Å². The van der Waals surface area contributed by atoms with Gasteiger partial charge in [-0.25, -0.2) is 4.79 Å². The van der Waals surface area contributed by atoms with Crippen molar-refractivity contribution in [2.24, 2.45) is 0 Å². The SMILES string of the molecule is CC(=O)C(=O)c1cc(Cl)c(C(=O)CCCOCCCC(=O)CCCCC2SCC3NC(=O)NC32)c(Cl)c1Cl. The molecule has 38 heavy (non-hydrogen) atoms. The number of amides is 2. The number of benzene rings is 1. The molecule has 2 aliphatic heterocycles. The molecular formula is C26H31Cl3N2O6S. The number of nitrogens with one attached hydrogen (secondary N) is 2. The van der Waals surface area contributed by atoms with Crippen LogP contribution in [0.15, 0.2) is 6.07 Å². The van der Waals surface area contributed by atoms with Crippen molar-refractivity contribution in [2.45, 2.75) is 75.6 Å². The van der Waals surface area contributed by atoms with E-state index in [2.05, 4.69) is 10.6 Å². The third-order valence-electron chi connectivity index (χ3n) is 6.57. The highest BCUT2D eigenvalue weighted by Gasteiger charge is 2.42. The summed E-state index contributed by atoms with van der Waals surface area (Å²) >= 11 is 20.3. The molecule has 2 amide bonds. The van der Waals surface area contributed by atoms with Gasteiger partial charge in [-0.3, -0.25) is 19.2 Å². The van der Waals surface area contributed by atoms with Crippen LogP contribution in [0.4, 0.5) is 4.79 Å². The standard InChI is InChI=1S/C26H31Cl3N2O6S/c1-14(32)25(35)16-12-17(27)21(23(29)22(16)28)19(34)8-5-11-37-10-4-7-15(33)6-2-3-9-20-24-18(13-38-20)30-26(36)31-24/h12,18,20,24H,2-11,13H2,1H3,(H2,30,31,36). The van der Waals surface area contributed by atoms with E-state index in [1.807, 2.05) is 11.8 Å². The van der Waals surface area contributed by atoms with E-state index in [0.29, 0.717) is 44.1 Å². The van der Waals surface area contributed by atoms with Crippen LogP contribution < -0.4 is 10.6 Å². The Balaban J connectivity index is 1.26. The predicted molar refractivity (Wildman–Crippen MR) is 149 cm³/mol. The van der Waals surface area contributed by atoms with E-state index in [0.717, 1.165) is 31.9 Å². The van der Waals surface area contributed by atoms with Crippen molar-refractivity contribution in [2.75, 3.05) is 19.0 Å². The topological polar surface area (TPSA) is 119 Å². The van der Waals surface area contributed by atoms with Gasteiger partial charge in [-0.1, -0.05) is 41.2 Å². The Morgan fingerprint density at radius 1 is 0.974 bits per heavy atom. The van der Waals surface area contributed by atoms with Crippen molar-refractivity contribution in [3.05, 3.63) is 32.3 Å². The van der Waals surface area contributed by atoms with Crippen molar-refractivity contribution in [3.63, 3.8) is 0 Å². The molecule has 2 heterocycles. The third-order valence-corrected chi connectivity index (χ3v) is 9.24. The first-order chi connectivity index (χ1) is 18.1. The van der Waals surface area contributed by atoms with Crippen LogP contribution in [0.3, 0.4) is 0 Å². The second kappa shape index (κ2) is 14.7. The highest BCUT2D eigenvalue weighted by atomic mass is 35.5. The van der Waals surface area contributed by atoms with Gasteiger partial charge in [0.2, 0.25) is 5.78 Å². The minimum atomic E-state index is -0.830. The number of halogens is 3. The number of carbonyl (C=O) groups is 5. The summed E-state index contributed by atoms with van der Waals surface area (Å²) in [4.78, 5) is 59.5. The number of urea groups is 1. The fourth-order valence-corrected chi connectivity index (χ4v) is 7.02. The van der Waals surface area contributed by atoms with Gasteiger partial charge >= 0.3 is 6.03 Å². The molecule has 8 nitrogen and oxygen atoms in total. The molecule has 1 aromatic carbocycles. The molecule has 208 valence electrons. The second-order valence-electron chi connectivity index (χ2n) is 9.44. The molecule has 3 atom stereocenters. The molecule has 0 spiro atoms. The van der Waals surface area contributed by atoms with Gasteiger partial charge in [-0.15, -0.1) is 0 Å². The van der Waals surface area contributed by atoms with E-state index >= 15 is 0 Å². The van der Waals surface area contributed by atoms with Gasteiger partial charge in [0.15, 0.2) is 11.6 Å². The fourth-order valence-electron chi connectivity index (χ4n) is 4.57. The van der Waals surface area contributed by atoms with Crippen LogP contribution in [0.2, 0.25) is 15.1 Å². The van der Waals surface area contributed by atoms with Crippen LogP contribution in [0, 0.1) is 0 Å². The summed E-state index contributed by atoms with van der Waals surface area (Å²) in [5, 5.41) is 5.97. The number of hydrogen-bond donors (Lipinski definition) is 2. The van der Waals surface area contributed by atoms with E-state index in [4.69, 9.17) is 39.5 Å². The van der Waals surface area contributed by atoms with Gasteiger partial charge in [0.1, 0.15) is 5.78 Å². The molecule has 12 heteroatoms. The van der Waals surface area contributed by atoms with Gasteiger partial charge in [0.05, 0.1) is 32.7 Å². The highest BCUT2D eigenvalue weighted by Crippen LogP contribution is 2.36. The number of rotatable bonds is 16. The second-order valence-corrected chi connectivity index (χ2v) is 11.9. The average Bonchev–Trinajstić information content (AvgIpc) is 3.42. The van der Waals surface area contributed by atoms with Crippen molar-refractivity contribution < 1.29 is 28.7 Å². The molecule has 0 bridgehead atoms. The summed E-state index contributed by atoms with van der Waals surface area (Å²) in [7, 11) is 0. The zero-order valence-corrected chi connectivity index (χ0v) is 24.2. The summed E-state index contributed by atoms with van der Waals surface area (Å²) in [6, 6.07) is 1.54. The lowest BCUT2D eigenvalue weighted by Crippen LogP contribution is -2.36. The maximum Gasteiger partial charge on any atom is 0.315 e. The Labute approximate surface area is 241 Å². The number of carbonyl (C=O) groups excluding carboxylic acids is 5. The molecule has 2 N–H and O–H groups in total. The maximum atomic E-state index is 12.6. The van der Waals surface area contributed by atoms with Crippen molar-refractivity contribution in [1.29, 1.82) is 0 Å². The molecule has 1 aromatic rings. The van der Waals surface area contributed by atoms with Crippen molar-refractivity contribution >= 4 is 75.7 Å². The molecule has 0 aliphatic carbocycles. The van der Waals surface area contributed by atoms with Gasteiger partial charge in [-0.05, 0) is 31.7 Å². The number of ether oxygens (including phenoxy) is 1. The fraction of sp³-hybridized carbons (Fsp3) is 0.577. The quantitative estimate of drug-likeness (QED) is 0.0843. The largest absolute Gasteiger partial charge is 0.381 e. The van der Waals surface area contributed by atoms with Crippen molar-refractivity contribution in [1.82, 2.24) is 10.6 Å². The first-order valence-electron chi connectivity index (χ1n) is 12.6. The van der Waals surface area contributed by atoms with Crippen LogP contribution in [-0.2, 0) is 14.3 Å². The molecule has 0 aromatic heterocycles. The zero-order valence-electron chi connectivity index (χ0n) is 21.1. The van der Waals surface area contributed by atoms with Crippen LogP contribution >= 0.6 is 46.6 Å². The lowest BCUT2D eigenvalue weighted by molar-refractivity contribution is -0.119. The Bertz CT molecular complexity index is 1100. The van der Waals surface area contributed by atoms with E-state index in [-0.39, 0.29) is 62.3 Å². The van der Waals surface area contributed by atoms with Gasteiger partial charge in [0.25, 0.3) is 0 Å². The lowest BCUT2D eigenvalue weighted by Gasteiger charge is -2.16. The number of unbranched alkanes of at least 4 members (excludes halogenated alkanes) is 1. The van der Waals surface area contributed by atoms with E-state index in [1.165, 1.54) is 6.07 Å². The lowest BCUT2D eigenvalue weighted by atomic mass is 10.0. The van der Waals surface area contributed by atoms with E-state index in [9.17, 15) is 24.0 Å². The van der Waals surface area contributed by atoms with Gasteiger partial charge in [0, 0.05) is 56.0 Å². The Hall–Kier alpha value is -1.65. The van der Waals surface area contributed by atoms with Gasteiger partial charge < -0.3 is 15.4 Å². The number of thioether (sulfide) groups is 1. The summed E-state index contributed by atoms with van der Waals surface area (Å²) in [5.41, 5.74) is -0.119. The monoisotopic (exact) mass is 604 g/mol. The summed E-state index contributed by atoms with van der Waals surface area (Å²) < 4.78 is 5.55. The van der Waals surface area contributed by atoms with Crippen molar-refractivity contribution in [3.8, 4) is 0 Å². The molecule has 3 rings (SSSR count). The van der Waals surface area contributed by atoms with Gasteiger partial charge in [-0.2, -0.15) is 11.8 Å². The van der Waals surface area contributed by atoms with Crippen LogP contribution in [0.1, 0.15) is 79.0 Å². The smallest absolute Gasteiger partial charge is 0.315 e. The molecular weight excluding hydrogens is 575 g/mol. The maximum absolute atomic E-state index is 12.6. The number of Topliss-reactive ketones (excluding diaryl/α,β-unsaturated/α-hetero) is 4. The summed E-state index contributed by atoms with van der Waals surface area (Å²) in [6.07, 6.45) is 4.94. The normalized spacial score (nSPS) is 20.1. The predicted octanol–water partition coefficient (Wildman–Crippen LogP) is 5.47. The Morgan fingerprint density at radius 3 is 2.37 bits per heavy atom. The first kappa shape index (κ1) is 30.9. The molecule has 0 saturated carbocycles. The first-order valence-corrected chi connectivity index (χ1v) is 14.8. The number of ketones is 4. The number of fused-ring (bicyclic) bond motifs is 1. The minimum Gasteiger partial charge on any atom is -0.381 e. The molecule has 2 aliphatic rings. The summed E-state index contributed by atoms with van der Waals surface area (Å²) in [6.45, 7) is 1.86. The Morgan fingerprint density at radius 2 is 1.66 bits per heavy atom. The van der Waals surface area contributed by atoms with E-state index in [1.54, 1.807) is 0 Å². The van der Waals surface area contributed by atoms with Crippen LogP contribution in [-0.4, -0.2) is 65.5 Å². The molecule has 3 unspecified atom stereocenters. The molecule has 2 fully saturated rings. The van der Waals surface area contributed by atoms with Crippen LogP contribution in [0.25, 0.3) is 0 Å². The minimum absolute atomic E-state index is 0.0139. The molecule has 2 saturated heterocycles. The molecule has 0 radical (unpaired) electrons. The van der Waals surface area contributed by atoms with Crippen LogP contribution in [0.5, 0.6) is 0 Å². The Kier molecular flexibility index (Phi) is 11.9. The zero-order chi connectivity index (χ0) is 27.8. The third kappa shape index (κ3) is 8.18. The average molecular weight is 606 g/mol. The number of hydrogen-bond acceptors (Lipinski definition) is 7. The highest BCUT2D eigenvalue weighted by molar-refractivity contribution is 8.00. The summed E-state index contributed by atoms with van der Waals surface area (Å²) in [5.74, 6) is -0.740.